The Labute approximate surface area is 118 Å². The molecule has 0 unspecified atom stereocenters. The summed E-state index contributed by atoms with van der Waals surface area (Å²) in [6.07, 6.45) is 1.85. The molecule has 0 aliphatic heterocycles. The Morgan fingerprint density at radius 3 is 2.55 bits per heavy atom. The molecule has 0 amide bonds. The van der Waals surface area contributed by atoms with E-state index < -0.39 is 4.92 Å². The van der Waals surface area contributed by atoms with Gasteiger partial charge in [0.15, 0.2) is 0 Å². The van der Waals surface area contributed by atoms with Gasteiger partial charge in [0.2, 0.25) is 0 Å². The van der Waals surface area contributed by atoms with Crippen molar-refractivity contribution in [2.75, 3.05) is 6.54 Å². The zero-order valence-corrected chi connectivity index (χ0v) is 11.7. The van der Waals surface area contributed by atoms with E-state index in [1.165, 1.54) is 12.1 Å². The fraction of sp³-hybridized carbons (Fsp3) is 0.571. The van der Waals surface area contributed by atoms with Crippen molar-refractivity contribution < 1.29 is 14.4 Å². The molecule has 20 heavy (non-hydrogen) atoms. The van der Waals surface area contributed by atoms with E-state index in [-0.39, 0.29) is 17.9 Å². The van der Waals surface area contributed by atoms with Crippen LogP contribution in [0.5, 0.6) is 11.5 Å². The van der Waals surface area contributed by atoms with Crippen molar-refractivity contribution in [1.82, 2.24) is 0 Å². The van der Waals surface area contributed by atoms with Crippen molar-refractivity contribution in [2.24, 2.45) is 11.7 Å². The van der Waals surface area contributed by atoms with E-state index in [9.17, 15) is 10.1 Å². The van der Waals surface area contributed by atoms with Gasteiger partial charge in [-0.1, -0.05) is 0 Å². The van der Waals surface area contributed by atoms with Gasteiger partial charge < -0.3 is 15.2 Å². The first-order chi connectivity index (χ1) is 9.47. The van der Waals surface area contributed by atoms with Crippen molar-refractivity contribution in [3.8, 4) is 11.5 Å². The van der Waals surface area contributed by atoms with Gasteiger partial charge >= 0.3 is 0 Å². The topological polar surface area (TPSA) is 87.6 Å². The van der Waals surface area contributed by atoms with Crippen LogP contribution in [0.3, 0.4) is 0 Å². The molecule has 1 aliphatic rings. The maximum atomic E-state index is 10.9. The highest BCUT2D eigenvalue weighted by atomic mass is 16.6. The van der Waals surface area contributed by atoms with E-state index >= 15 is 0 Å². The number of nitrogens with two attached hydrogens (primary N) is 1. The molecular formula is C14H20N2O4. The molecule has 0 atom stereocenters. The Bertz CT molecular complexity index is 484. The molecule has 6 heteroatoms. The molecule has 0 radical (unpaired) electrons. The molecule has 1 saturated carbocycles. The maximum absolute atomic E-state index is 10.9. The third-order valence-electron chi connectivity index (χ3n) is 3.28. The molecule has 2 rings (SSSR count). The number of non-ortho nitro benzene ring substituents is 1. The lowest BCUT2D eigenvalue weighted by Gasteiger charge is -2.34. The van der Waals surface area contributed by atoms with Crippen molar-refractivity contribution in [3.63, 3.8) is 0 Å². The van der Waals surface area contributed by atoms with Crippen LogP contribution in [-0.4, -0.2) is 23.7 Å². The van der Waals surface area contributed by atoms with Gasteiger partial charge in [0.1, 0.15) is 11.5 Å². The predicted octanol–water partition coefficient (Wildman–Crippen LogP) is 2.50. The first-order valence-corrected chi connectivity index (χ1v) is 6.80. The number of nitrogens with zero attached hydrogens (tertiary/aromatic N) is 1. The lowest BCUT2D eigenvalue weighted by atomic mass is 9.82. The Balaban J connectivity index is 2.10. The Hall–Kier alpha value is -1.82. The van der Waals surface area contributed by atoms with Gasteiger partial charge in [-0.3, -0.25) is 10.1 Å². The monoisotopic (exact) mass is 280 g/mol. The highest BCUT2D eigenvalue weighted by molar-refractivity contribution is 5.46. The quantitative estimate of drug-likeness (QED) is 0.639. The fourth-order valence-electron chi connectivity index (χ4n) is 2.23. The van der Waals surface area contributed by atoms with Crippen LogP contribution in [0.1, 0.15) is 26.7 Å². The summed E-state index contributed by atoms with van der Waals surface area (Å²) in [6.45, 7) is 4.41. The second-order valence-corrected chi connectivity index (χ2v) is 5.40. The average Bonchev–Trinajstić information content (AvgIpc) is 2.32. The van der Waals surface area contributed by atoms with E-state index in [1.807, 2.05) is 13.8 Å². The summed E-state index contributed by atoms with van der Waals surface area (Å²) >= 11 is 0. The van der Waals surface area contributed by atoms with Gasteiger partial charge in [0.25, 0.3) is 5.69 Å². The molecule has 110 valence electrons. The van der Waals surface area contributed by atoms with Crippen LogP contribution in [0.25, 0.3) is 0 Å². The number of nitro groups is 1. The van der Waals surface area contributed by atoms with Gasteiger partial charge in [-0.25, -0.2) is 0 Å². The number of rotatable bonds is 6. The SMILES string of the molecule is CC(C)Oc1cc(OC2CC(CN)C2)cc([N+](=O)[O-])c1. The summed E-state index contributed by atoms with van der Waals surface area (Å²) in [7, 11) is 0. The standard InChI is InChI=1S/C14H20N2O4/c1-9(2)19-13-5-11(16(17)18)6-14(7-13)20-12-3-10(4-12)8-15/h5-7,9-10,12H,3-4,8,15H2,1-2H3. The van der Waals surface area contributed by atoms with Crippen LogP contribution in [-0.2, 0) is 0 Å². The summed E-state index contributed by atoms with van der Waals surface area (Å²) in [6, 6.07) is 4.54. The summed E-state index contributed by atoms with van der Waals surface area (Å²) in [5.41, 5.74) is 5.55. The summed E-state index contributed by atoms with van der Waals surface area (Å²) in [5.74, 6) is 1.44. The molecule has 1 aliphatic carbocycles. The highest BCUT2D eigenvalue weighted by Crippen LogP contribution is 2.34. The van der Waals surface area contributed by atoms with Crippen LogP contribution in [0.15, 0.2) is 18.2 Å². The van der Waals surface area contributed by atoms with Crippen molar-refractivity contribution in [1.29, 1.82) is 0 Å². The maximum Gasteiger partial charge on any atom is 0.276 e. The fourth-order valence-corrected chi connectivity index (χ4v) is 2.23. The minimum absolute atomic E-state index is 0.0205. The van der Waals surface area contributed by atoms with E-state index in [1.54, 1.807) is 6.07 Å². The first-order valence-electron chi connectivity index (χ1n) is 6.80. The minimum Gasteiger partial charge on any atom is -0.491 e. The molecule has 0 aromatic heterocycles. The lowest BCUT2D eigenvalue weighted by Crippen LogP contribution is -2.37. The third kappa shape index (κ3) is 3.60. The van der Waals surface area contributed by atoms with Gasteiger partial charge in [0, 0.05) is 6.07 Å². The largest absolute Gasteiger partial charge is 0.491 e. The molecule has 2 N–H and O–H groups in total. The highest BCUT2D eigenvalue weighted by Gasteiger charge is 2.30. The van der Waals surface area contributed by atoms with Crippen LogP contribution < -0.4 is 15.2 Å². The second-order valence-electron chi connectivity index (χ2n) is 5.40. The predicted molar refractivity (Wildman–Crippen MR) is 75.1 cm³/mol. The average molecular weight is 280 g/mol. The van der Waals surface area contributed by atoms with Crippen LogP contribution in [0.2, 0.25) is 0 Å². The molecule has 0 bridgehead atoms. The second kappa shape index (κ2) is 6.09. The number of hydrogen-bond donors (Lipinski definition) is 1. The van der Waals surface area contributed by atoms with E-state index in [2.05, 4.69) is 0 Å². The zero-order chi connectivity index (χ0) is 14.7. The molecule has 0 saturated heterocycles. The molecule has 1 aromatic carbocycles. The lowest BCUT2D eigenvalue weighted by molar-refractivity contribution is -0.385. The molecule has 1 aromatic rings. The molecule has 0 heterocycles. The summed E-state index contributed by atoms with van der Waals surface area (Å²) in [4.78, 5) is 10.5. The first kappa shape index (κ1) is 14.6. The van der Waals surface area contributed by atoms with E-state index in [0.717, 1.165) is 12.8 Å². The molecule has 1 fully saturated rings. The summed E-state index contributed by atoms with van der Waals surface area (Å²) < 4.78 is 11.3. The molecule has 0 spiro atoms. The third-order valence-corrected chi connectivity index (χ3v) is 3.28. The van der Waals surface area contributed by atoms with Crippen LogP contribution >= 0.6 is 0 Å². The smallest absolute Gasteiger partial charge is 0.276 e. The van der Waals surface area contributed by atoms with Gasteiger partial charge in [0.05, 0.1) is 29.3 Å². The Morgan fingerprint density at radius 2 is 2.00 bits per heavy atom. The van der Waals surface area contributed by atoms with Gasteiger partial charge in [-0.05, 0) is 39.2 Å². The number of nitro benzene ring substituents is 1. The minimum atomic E-state index is -0.441. The summed E-state index contributed by atoms with van der Waals surface area (Å²) in [5, 5.41) is 10.9. The van der Waals surface area contributed by atoms with E-state index in [4.69, 9.17) is 15.2 Å². The van der Waals surface area contributed by atoms with Gasteiger partial charge in [-0.2, -0.15) is 0 Å². The van der Waals surface area contributed by atoms with Crippen molar-refractivity contribution in [3.05, 3.63) is 28.3 Å². The normalized spacial score (nSPS) is 21.4. The van der Waals surface area contributed by atoms with Gasteiger partial charge in [-0.15, -0.1) is 0 Å². The molecule has 6 nitrogen and oxygen atoms in total. The number of benzene rings is 1. The van der Waals surface area contributed by atoms with Crippen LogP contribution in [0.4, 0.5) is 5.69 Å². The zero-order valence-electron chi connectivity index (χ0n) is 11.7. The van der Waals surface area contributed by atoms with E-state index in [0.29, 0.717) is 24.0 Å². The Kier molecular flexibility index (Phi) is 4.44. The number of ether oxygens (including phenoxy) is 2. The van der Waals surface area contributed by atoms with Crippen molar-refractivity contribution >= 4 is 5.69 Å². The van der Waals surface area contributed by atoms with Crippen LogP contribution in [0, 0.1) is 16.0 Å². The number of hydrogen-bond acceptors (Lipinski definition) is 5. The van der Waals surface area contributed by atoms with Crippen molar-refractivity contribution in [2.45, 2.75) is 38.9 Å². The molecular weight excluding hydrogens is 260 g/mol. The Morgan fingerprint density at radius 1 is 1.35 bits per heavy atom.